The molecular weight excluding hydrogens is 799 g/mol. The fourth-order valence-corrected chi connectivity index (χ4v) is 7.94. The van der Waals surface area contributed by atoms with Crippen LogP contribution in [-0.4, -0.2) is 67.8 Å². The van der Waals surface area contributed by atoms with E-state index in [2.05, 4.69) is 63.1 Å². The number of carboxylic acid groups (broad SMARTS) is 2. The number of nitrogens with zero attached hydrogens (tertiary/aromatic N) is 7. The van der Waals surface area contributed by atoms with Crippen LogP contribution in [0.25, 0.3) is 66.1 Å². The number of benzene rings is 3. The van der Waals surface area contributed by atoms with Crippen molar-refractivity contribution < 1.29 is 24.7 Å². The molecule has 0 aliphatic rings. The van der Waals surface area contributed by atoms with E-state index in [1.807, 2.05) is 78.7 Å². The molecule has 63 heavy (non-hydrogen) atoms. The van der Waals surface area contributed by atoms with E-state index in [4.69, 9.17) is 21.7 Å². The maximum Gasteiger partial charge on any atom is 0.320 e. The van der Waals surface area contributed by atoms with E-state index in [9.17, 15) is 19.7 Å². The number of aliphatic carboxylic acids is 2. The van der Waals surface area contributed by atoms with E-state index < -0.39 is 28.9 Å². The minimum Gasteiger partial charge on any atom is -0.480 e. The lowest BCUT2D eigenvalue weighted by molar-refractivity contribution is -0.383. The summed E-state index contributed by atoms with van der Waals surface area (Å²) in [5, 5.41) is 32.3. The molecule has 0 amide bonds. The van der Waals surface area contributed by atoms with Crippen molar-refractivity contribution in [3.05, 3.63) is 168 Å². The SMILES string of the molecule is Cn1cc(CC(N)C(=O)O)c2c([N+](=O)[O-])ccc(-c3ccncc3)c21.Cn1cc(CC(N)C(=O)O)c2cccc(-c3ccncc3)c21.Cn1ccc2cccc(-c3ccncc3)c21. The Balaban J connectivity index is 0.000000145. The van der Waals surface area contributed by atoms with Crippen LogP contribution >= 0.6 is 0 Å². The fourth-order valence-electron chi connectivity index (χ4n) is 7.94. The minimum atomic E-state index is -1.15. The number of aryl methyl sites for hydroxylation is 3. The summed E-state index contributed by atoms with van der Waals surface area (Å²) in [5.41, 5.74) is 22.1. The number of fused-ring (bicyclic) bond motifs is 3. The van der Waals surface area contributed by atoms with Gasteiger partial charge in [0.1, 0.15) is 12.1 Å². The van der Waals surface area contributed by atoms with E-state index in [0.29, 0.717) is 22.9 Å². The number of carbonyl (C=O) groups is 2. The van der Waals surface area contributed by atoms with Gasteiger partial charge in [0.15, 0.2) is 0 Å². The molecule has 2 atom stereocenters. The first-order valence-corrected chi connectivity index (χ1v) is 19.9. The van der Waals surface area contributed by atoms with Crippen molar-refractivity contribution in [3.63, 3.8) is 0 Å². The lowest BCUT2D eigenvalue weighted by Gasteiger charge is -2.08. The van der Waals surface area contributed by atoms with Crippen molar-refractivity contribution in [2.45, 2.75) is 24.9 Å². The summed E-state index contributed by atoms with van der Waals surface area (Å²) in [6.45, 7) is 0. The average molecular weight is 844 g/mol. The van der Waals surface area contributed by atoms with Gasteiger partial charge < -0.3 is 35.4 Å². The normalized spacial score (nSPS) is 12.0. The van der Waals surface area contributed by atoms with Crippen LogP contribution in [0.1, 0.15) is 11.1 Å². The van der Waals surface area contributed by atoms with E-state index in [1.54, 1.807) is 48.7 Å². The Morgan fingerprint density at radius 1 is 0.603 bits per heavy atom. The molecule has 3 aromatic carbocycles. The highest BCUT2D eigenvalue weighted by Crippen LogP contribution is 2.38. The first kappa shape index (κ1) is 43.1. The van der Waals surface area contributed by atoms with Crippen LogP contribution in [0.2, 0.25) is 0 Å². The van der Waals surface area contributed by atoms with Crippen LogP contribution in [0, 0.1) is 10.1 Å². The van der Waals surface area contributed by atoms with Crippen LogP contribution in [0.3, 0.4) is 0 Å². The second kappa shape index (κ2) is 18.7. The smallest absolute Gasteiger partial charge is 0.320 e. The van der Waals surface area contributed by atoms with Crippen LogP contribution < -0.4 is 11.5 Å². The lowest BCUT2D eigenvalue weighted by Crippen LogP contribution is -2.32. The Morgan fingerprint density at radius 2 is 1.06 bits per heavy atom. The van der Waals surface area contributed by atoms with Gasteiger partial charge in [-0.05, 0) is 76.3 Å². The molecule has 9 aromatic rings. The number of non-ortho nitro benzene ring substituents is 1. The van der Waals surface area contributed by atoms with E-state index in [0.717, 1.165) is 38.7 Å². The highest BCUT2D eigenvalue weighted by Gasteiger charge is 2.25. The van der Waals surface area contributed by atoms with Gasteiger partial charge in [0.05, 0.1) is 26.9 Å². The molecule has 0 saturated carbocycles. The molecule has 6 heterocycles. The third kappa shape index (κ3) is 9.19. The Bertz CT molecular complexity index is 3070. The van der Waals surface area contributed by atoms with Crippen molar-refractivity contribution in [2.24, 2.45) is 32.6 Å². The summed E-state index contributed by atoms with van der Waals surface area (Å²) >= 11 is 0. The third-order valence-electron chi connectivity index (χ3n) is 10.8. The number of nitrogens with two attached hydrogens (primary N) is 2. The zero-order valence-electron chi connectivity index (χ0n) is 34.7. The van der Waals surface area contributed by atoms with E-state index >= 15 is 0 Å². The molecule has 15 heteroatoms. The lowest BCUT2D eigenvalue weighted by atomic mass is 9.99. The summed E-state index contributed by atoms with van der Waals surface area (Å²) in [6, 6.07) is 27.3. The van der Waals surface area contributed by atoms with E-state index in [-0.39, 0.29) is 12.1 Å². The van der Waals surface area contributed by atoms with Gasteiger partial charge in [0.2, 0.25) is 0 Å². The number of hydrogen-bond acceptors (Lipinski definition) is 9. The molecule has 0 aliphatic carbocycles. The maximum atomic E-state index is 11.5. The molecule has 15 nitrogen and oxygen atoms in total. The van der Waals surface area contributed by atoms with Crippen molar-refractivity contribution in [1.82, 2.24) is 28.7 Å². The Labute approximate surface area is 361 Å². The molecule has 6 N–H and O–H groups in total. The minimum absolute atomic E-state index is 0.00725. The molecule has 0 saturated heterocycles. The number of rotatable bonds is 10. The van der Waals surface area contributed by atoms with Gasteiger partial charge in [-0.15, -0.1) is 0 Å². The molecule has 2 unspecified atom stereocenters. The average Bonchev–Trinajstić information content (AvgIpc) is 3.95. The predicted octanol–water partition coefficient (Wildman–Crippen LogP) is 7.54. The highest BCUT2D eigenvalue weighted by molar-refractivity contribution is 6.02. The summed E-state index contributed by atoms with van der Waals surface area (Å²) in [7, 11) is 5.81. The first-order chi connectivity index (χ1) is 30.3. The summed E-state index contributed by atoms with van der Waals surface area (Å²) < 4.78 is 5.95. The number of nitro groups is 1. The summed E-state index contributed by atoms with van der Waals surface area (Å²) in [4.78, 5) is 45.2. The number of carboxylic acids is 2. The number of nitro benzene ring substituents is 1. The quantitative estimate of drug-likeness (QED) is 0.0778. The molecular formula is C48H45N9O6. The van der Waals surface area contributed by atoms with Crippen LogP contribution in [-0.2, 0) is 43.6 Å². The van der Waals surface area contributed by atoms with Gasteiger partial charge in [-0.25, -0.2) is 0 Å². The standard InChI is InChI=1S/C17H16N4O4.C17H17N3O2.C14H12N2/c1-20-9-11(8-13(18)17(22)23)15-14(21(24)25)3-2-12(16(15)20)10-4-6-19-7-5-10;1-20-10-12(9-15(18)17(21)22)14-4-2-3-13(16(14)20)11-5-7-19-8-6-11;1-16-10-7-12-3-2-4-13(14(12)16)11-5-8-15-9-6-11/h2-7,9,13H,8,18H2,1H3,(H,22,23);2-8,10,15H,9,18H2,1H3,(H,21,22);2-10H,1H3. The largest absolute Gasteiger partial charge is 0.480 e. The molecule has 6 aromatic heterocycles. The molecule has 0 fully saturated rings. The van der Waals surface area contributed by atoms with Crippen molar-refractivity contribution in [2.75, 3.05) is 0 Å². The molecule has 0 radical (unpaired) electrons. The predicted molar refractivity (Wildman–Crippen MR) is 244 cm³/mol. The van der Waals surface area contributed by atoms with Crippen molar-refractivity contribution in [3.8, 4) is 33.4 Å². The van der Waals surface area contributed by atoms with Gasteiger partial charge in [0.25, 0.3) is 5.69 Å². The van der Waals surface area contributed by atoms with Gasteiger partial charge in [-0.1, -0.05) is 36.4 Å². The van der Waals surface area contributed by atoms with Gasteiger partial charge in [0, 0.05) is 123 Å². The van der Waals surface area contributed by atoms with Crippen molar-refractivity contribution in [1.29, 1.82) is 0 Å². The molecule has 318 valence electrons. The van der Waals surface area contributed by atoms with Crippen LogP contribution in [0.5, 0.6) is 0 Å². The Kier molecular flexibility index (Phi) is 12.8. The van der Waals surface area contributed by atoms with Gasteiger partial charge in [-0.3, -0.25) is 34.7 Å². The maximum absolute atomic E-state index is 11.5. The molecule has 0 bridgehead atoms. The van der Waals surface area contributed by atoms with Crippen LogP contribution in [0.15, 0.2) is 147 Å². The zero-order valence-corrected chi connectivity index (χ0v) is 34.7. The topological polar surface area (TPSA) is 223 Å². The number of pyridine rings is 3. The van der Waals surface area contributed by atoms with Gasteiger partial charge >= 0.3 is 11.9 Å². The Morgan fingerprint density at radius 3 is 1.59 bits per heavy atom. The monoisotopic (exact) mass is 843 g/mol. The van der Waals surface area contributed by atoms with Crippen LogP contribution in [0.4, 0.5) is 5.69 Å². The zero-order chi connectivity index (χ0) is 44.8. The highest BCUT2D eigenvalue weighted by atomic mass is 16.6. The fraction of sp³-hybridized carbons (Fsp3) is 0.146. The number of para-hydroxylation sites is 2. The summed E-state index contributed by atoms with van der Waals surface area (Å²) in [5.74, 6) is -2.13. The van der Waals surface area contributed by atoms with Crippen molar-refractivity contribution >= 4 is 50.3 Å². The molecule has 9 rings (SSSR count). The van der Waals surface area contributed by atoms with E-state index in [1.165, 1.54) is 28.1 Å². The van der Waals surface area contributed by atoms with Gasteiger partial charge in [-0.2, -0.15) is 0 Å². The second-order valence-electron chi connectivity index (χ2n) is 15.0. The second-order valence-corrected chi connectivity index (χ2v) is 15.0. The summed E-state index contributed by atoms with van der Waals surface area (Å²) in [6.07, 6.45) is 16.5. The molecule has 0 aliphatic heterocycles. The number of hydrogen-bond donors (Lipinski definition) is 4. The third-order valence-corrected chi connectivity index (χ3v) is 10.8. The first-order valence-electron chi connectivity index (χ1n) is 19.9. The number of aromatic nitrogens is 6. The Hall–Kier alpha value is -8.01. The molecule has 0 spiro atoms.